The Kier molecular flexibility index (Phi) is 5.54. The third kappa shape index (κ3) is 3.10. The first-order valence-electron chi connectivity index (χ1n) is 7.04. The number of hydrogen-bond acceptors (Lipinski definition) is 0. The first-order chi connectivity index (χ1) is 8.45. The maximum absolute atomic E-state index is 2.45. The molecule has 0 aromatic carbocycles. The minimum absolute atomic E-state index is 0. The van der Waals surface area contributed by atoms with Gasteiger partial charge in [-0.15, -0.1) is 0 Å². The SMILES string of the molecule is C1=CC[C]([Ti+]([C]2=CC=CC2)[CH]2CCCCC2)=C1.[Cl-]. The topological polar surface area (TPSA) is 0 Å². The zero-order chi connectivity index (χ0) is 11.5. The Labute approximate surface area is 123 Å². The van der Waals surface area contributed by atoms with Crippen LogP contribution in [0, 0.1) is 0 Å². The second kappa shape index (κ2) is 6.94. The molecule has 0 aliphatic heterocycles. The monoisotopic (exact) mass is 296 g/mol. The Hall–Kier alpha value is -0.0357. The van der Waals surface area contributed by atoms with Gasteiger partial charge in [0, 0.05) is 0 Å². The normalized spacial score (nSPS) is 22.7. The first kappa shape index (κ1) is 14.4. The van der Waals surface area contributed by atoms with Gasteiger partial charge in [-0.25, -0.2) is 0 Å². The Morgan fingerprint density at radius 2 is 1.39 bits per heavy atom. The molecule has 1 saturated carbocycles. The van der Waals surface area contributed by atoms with Gasteiger partial charge in [0.15, 0.2) is 0 Å². The Morgan fingerprint density at radius 3 is 1.83 bits per heavy atom. The number of allylic oxidation sites excluding steroid dienone is 8. The van der Waals surface area contributed by atoms with Crippen molar-refractivity contribution in [3.05, 3.63) is 44.2 Å². The molecule has 1 fully saturated rings. The predicted octanol–water partition coefficient (Wildman–Crippen LogP) is 2.05. The minimum atomic E-state index is -1.14. The van der Waals surface area contributed by atoms with Crippen molar-refractivity contribution >= 4 is 0 Å². The van der Waals surface area contributed by atoms with Gasteiger partial charge in [0.05, 0.1) is 0 Å². The zero-order valence-corrected chi connectivity index (χ0v) is 13.2. The molecule has 3 aliphatic carbocycles. The number of halogens is 1. The third-order valence-electron chi connectivity index (χ3n) is 4.25. The van der Waals surface area contributed by atoms with Crippen molar-refractivity contribution < 1.29 is 30.3 Å². The number of rotatable bonds is 3. The molecule has 0 bridgehead atoms. The van der Waals surface area contributed by atoms with Crippen LogP contribution in [0.4, 0.5) is 0 Å². The Morgan fingerprint density at radius 1 is 0.833 bits per heavy atom. The molecule has 0 nitrogen and oxygen atoms in total. The van der Waals surface area contributed by atoms with E-state index in [-0.39, 0.29) is 12.4 Å². The molecule has 0 amide bonds. The maximum atomic E-state index is 2.45. The van der Waals surface area contributed by atoms with Crippen molar-refractivity contribution in [3.8, 4) is 0 Å². The van der Waals surface area contributed by atoms with E-state index in [1.807, 2.05) is 7.76 Å². The van der Waals surface area contributed by atoms with Crippen molar-refractivity contribution in [3.63, 3.8) is 0 Å². The molecule has 2 heteroatoms. The van der Waals surface area contributed by atoms with Gasteiger partial charge >= 0.3 is 111 Å². The van der Waals surface area contributed by atoms with Gasteiger partial charge in [0.1, 0.15) is 0 Å². The molecule has 18 heavy (non-hydrogen) atoms. The third-order valence-corrected chi connectivity index (χ3v) is 9.74. The molecular weight excluding hydrogens is 275 g/mol. The van der Waals surface area contributed by atoms with Gasteiger partial charge in [-0.1, -0.05) is 0 Å². The predicted molar refractivity (Wildman–Crippen MR) is 70.5 cm³/mol. The molecule has 0 saturated heterocycles. The van der Waals surface area contributed by atoms with Crippen LogP contribution in [-0.4, -0.2) is 0 Å². The van der Waals surface area contributed by atoms with Crippen LogP contribution in [0.1, 0.15) is 44.9 Å². The van der Waals surface area contributed by atoms with E-state index < -0.39 is 17.9 Å². The van der Waals surface area contributed by atoms with Crippen LogP contribution in [-0.2, 0) is 17.9 Å². The van der Waals surface area contributed by atoms with Gasteiger partial charge in [0.2, 0.25) is 0 Å². The summed E-state index contributed by atoms with van der Waals surface area (Å²) in [6.07, 6.45) is 24.2. The van der Waals surface area contributed by atoms with Crippen LogP contribution in [0.2, 0.25) is 4.22 Å². The van der Waals surface area contributed by atoms with E-state index in [1.54, 1.807) is 0 Å². The molecule has 0 spiro atoms. The van der Waals surface area contributed by atoms with Gasteiger partial charge in [-0.2, -0.15) is 0 Å². The van der Waals surface area contributed by atoms with Gasteiger partial charge < -0.3 is 12.4 Å². The molecule has 0 atom stereocenters. The molecular formula is C16H21ClTi. The van der Waals surface area contributed by atoms with Crippen molar-refractivity contribution in [2.45, 2.75) is 49.2 Å². The summed E-state index contributed by atoms with van der Waals surface area (Å²) in [4.78, 5) is 0. The van der Waals surface area contributed by atoms with E-state index in [2.05, 4.69) is 36.5 Å². The van der Waals surface area contributed by atoms with Crippen LogP contribution in [0.15, 0.2) is 44.2 Å². The zero-order valence-electron chi connectivity index (χ0n) is 10.9. The van der Waals surface area contributed by atoms with Gasteiger partial charge in [-0.3, -0.25) is 0 Å². The first-order valence-corrected chi connectivity index (χ1v) is 9.50. The van der Waals surface area contributed by atoms with E-state index >= 15 is 0 Å². The average Bonchev–Trinajstić information content (AvgIpc) is 3.04. The summed E-state index contributed by atoms with van der Waals surface area (Å²) >= 11 is -1.14. The largest absolute Gasteiger partial charge is 1.00 e. The molecule has 3 aliphatic rings. The fourth-order valence-electron chi connectivity index (χ4n) is 3.42. The van der Waals surface area contributed by atoms with E-state index in [1.165, 1.54) is 44.9 Å². The quantitative estimate of drug-likeness (QED) is 0.699. The Bertz CT molecular complexity index is 367. The fraction of sp³-hybridized carbons (Fsp3) is 0.500. The van der Waals surface area contributed by atoms with E-state index in [0.29, 0.717) is 0 Å². The summed E-state index contributed by atoms with van der Waals surface area (Å²) in [7, 11) is 0. The second-order valence-corrected chi connectivity index (χ2v) is 9.97. The molecule has 0 radical (unpaired) electrons. The molecule has 0 N–H and O–H groups in total. The summed E-state index contributed by atoms with van der Waals surface area (Å²) in [5.74, 6) is 0. The summed E-state index contributed by atoms with van der Waals surface area (Å²) in [6.45, 7) is 0. The van der Waals surface area contributed by atoms with Gasteiger partial charge in [0.25, 0.3) is 0 Å². The van der Waals surface area contributed by atoms with Crippen LogP contribution in [0.3, 0.4) is 0 Å². The van der Waals surface area contributed by atoms with Crippen LogP contribution < -0.4 is 12.4 Å². The smallest absolute Gasteiger partial charge is 1.00 e. The van der Waals surface area contributed by atoms with Crippen molar-refractivity contribution in [1.29, 1.82) is 0 Å². The maximum Gasteiger partial charge on any atom is -1.00 e. The Balaban J connectivity index is 0.00000120. The van der Waals surface area contributed by atoms with Crippen molar-refractivity contribution in [2.75, 3.05) is 0 Å². The summed E-state index contributed by atoms with van der Waals surface area (Å²) in [5, 5.41) is 0. The average molecular weight is 297 g/mol. The van der Waals surface area contributed by atoms with E-state index in [9.17, 15) is 0 Å². The number of hydrogen-bond donors (Lipinski definition) is 0. The van der Waals surface area contributed by atoms with Crippen molar-refractivity contribution in [2.24, 2.45) is 0 Å². The molecule has 0 heterocycles. The van der Waals surface area contributed by atoms with Crippen molar-refractivity contribution in [1.82, 2.24) is 0 Å². The molecule has 3 rings (SSSR count). The van der Waals surface area contributed by atoms with E-state index in [4.69, 9.17) is 0 Å². The summed E-state index contributed by atoms with van der Waals surface area (Å²) in [6, 6.07) is 0. The van der Waals surface area contributed by atoms with Crippen LogP contribution >= 0.6 is 0 Å². The van der Waals surface area contributed by atoms with Crippen LogP contribution in [0.5, 0.6) is 0 Å². The van der Waals surface area contributed by atoms with Crippen LogP contribution in [0.25, 0.3) is 0 Å². The summed E-state index contributed by atoms with van der Waals surface area (Å²) < 4.78 is 4.76. The molecule has 96 valence electrons. The standard InChI is InChI=1S/C6H11.2C5H5.ClH.Ti/c1-2-4-6-5-3-1;2*1-2-4-5-3-1;;/h1H,2-6H2;2*1-3H,4H2;1H;/q;;;;+1/p-1. The minimum Gasteiger partial charge on any atom is -1.00 e. The van der Waals surface area contributed by atoms with Gasteiger partial charge in [-0.05, 0) is 0 Å². The fourth-order valence-corrected chi connectivity index (χ4v) is 9.15. The second-order valence-electron chi connectivity index (χ2n) is 5.40. The molecule has 0 aromatic rings. The summed E-state index contributed by atoms with van der Waals surface area (Å²) in [5.41, 5.74) is 0. The van der Waals surface area contributed by atoms with E-state index in [0.717, 1.165) is 4.22 Å². The molecule has 0 unspecified atom stereocenters. The molecule has 0 aromatic heterocycles.